The lowest BCUT2D eigenvalue weighted by Crippen LogP contribution is -2.20. The highest BCUT2D eigenvalue weighted by atomic mass is 79.9. The first-order valence-corrected chi connectivity index (χ1v) is 7.20. The van der Waals surface area contributed by atoms with Gasteiger partial charge in [-0.3, -0.25) is 4.79 Å². The SMILES string of the molecule is Cc1ccc(Br)cc1OCCCn1cc(N)ccc1=O. The van der Waals surface area contributed by atoms with Crippen LogP contribution in [0.2, 0.25) is 0 Å². The second-order valence-corrected chi connectivity index (χ2v) is 5.52. The third-order valence-corrected chi connectivity index (χ3v) is 3.45. The smallest absolute Gasteiger partial charge is 0.250 e. The predicted molar refractivity (Wildman–Crippen MR) is 84.1 cm³/mol. The van der Waals surface area contributed by atoms with Gasteiger partial charge in [-0.1, -0.05) is 22.0 Å². The molecule has 0 fully saturated rings. The molecular formula is C15H17BrN2O2. The minimum absolute atomic E-state index is 0.0437. The zero-order valence-corrected chi connectivity index (χ0v) is 12.9. The number of nitrogen functional groups attached to an aromatic ring is 1. The molecule has 0 radical (unpaired) electrons. The maximum atomic E-state index is 11.6. The third-order valence-electron chi connectivity index (χ3n) is 2.96. The van der Waals surface area contributed by atoms with Crippen LogP contribution in [0.4, 0.5) is 5.69 Å². The summed E-state index contributed by atoms with van der Waals surface area (Å²) in [5, 5.41) is 0. The maximum Gasteiger partial charge on any atom is 0.250 e. The topological polar surface area (TPSA) is 57.2 Å². The van der Waals surface area contributed by atoms with Gasteiger partial charge < -0.3 is 15.0 Å². The van der Waals surface area contributed by atoms with Gasteiger partial charge in [0.05, 0.1) is 6.61 Å². The first-order chi connectivity index (χ1) is 9.56. The average molecular weight is 337 g/mol. The molecule has 0 atom stereocenters. The number of nitrogens with zero attached hydrogens (tertiary/aromatic N) is 1. The van der Waals surface area contributed by atoms with E-state index in [2.05, 4.69) is 15.9 Å². The van der Waals surface area contributed by atoms with Crippen LogP contribution in [0.1, 0.15) is 12.0 Å². The number of aromatic nitrogens is 1. The Kier molecular flexibility index (Phi) is 4.84. The number of hydrogen-bond donors (Lipinski definition) is 1. The summed E-state index contributed by atoms with van der Waals surface area (Å²) >= 11 is 3.42. The van der Waals surface area contributed by atoms with Gasteiger partial charge in [0, 0.05) is 29.0 Å². The zero-order valence-electron chi connectivity index (χ0n) is 11.3. The molecule has 0 spiro atoms. The molecule has 0 aliphatic rings. The summed E-state index contributed by atoms with van der Waals surface area (Å²) in [6, 6.07) is 9.02. The first kappa shape index (κ1) is 14.7. The van der Waals surface area contributed by atoms with Crippen LogP contribution >= 0.6 is 15.9 Å². The van der Waals surface area contributed by atoms with E-state index in [9.17, 15) is 4.79 Å². The lowest BCUT2D eigenvalue weighted by atomic mass is 10.2. The molecule has 4 nitrogen and oxygen atoms in total. The molecule has 0 amide bonds. The van der Waals surface area contributed by atoms with Crippen molar-refractivity contribution in [2.24, 2.45) is 0 Å². The van der Waals surface area contributed by atoms with Crippen LogP contribution in [0, 0.1) is 6.92 Å². The Morgan fingerprint density at radius 1 is 1.30 bits per heavy atom. The van der Waals surface area contributed by atoms with Crippen molar-refractivity contribution in [2.45, 2.75) is 19.9 Å². The first-order valence-electron chi connectivity index (χ1n) is 6.41. The second-order valence-electron chi connectivity index (χ2n) is 4.61. The van der Waals surface area contributed by atoms with Crippen molar-refractivity contribution in [3.8, 4) is 5.75 Å². The highest BCUT2D eigenvalue weighted by Crippen LogP contribution is 2.22. The number of hydrogen-bond acceptors (Lipinski definition) is 3. The maximum absolute atomic E-state index is 11.6. The molecule has 0 aliphatic heterocycles. The number of pyridine rings is 1. The molecule has 0 bridgehead atoms. The average Bonchev–Trinajstić information content (AvgIpc) is 2.42. The van der Waals surface area contributed by atoms with E-state index in [-0.39, 0.29) is 5.56 Å². The zero-order chi connectivity index (χ0) is 14.5. The fourth-order valence-electron chi connectivity index (χ4n) is 1.87. The van der Waals surface area contributed by atoms with Crippen molar-refractivity contribution < 1.29 is 4.74 Å². The summed E-state index contributed by atoms with van der Waals surface area (Å²) in [5.74, 6) is 0.860. The van der Waals surface area contributed by atoms with Crippen LogP contribution in [0.25, 0.3) is 0 Å². The minimum atomic E-state index is -0.0437. The second kappa shape index (κ2) is 6.61. The number of benzene rings is 1. The molecule has 2 N–H and O–H groups in total. The summed E-state index contributed by atoms with van der Waals surface area (Å²) in [4.78, 5) is 11.6. The quantitative estimate of drug-likeness (QED) is 0.854. The Balaban J connectivity index is 1.89. The molecule has 2 aromatic rings. The van der Waals surface area contributed by atoms with Gasteiger partial charge in [0.2, 0.25) is 0 Å². The molecular weight excluding hydrogens is 320 g/mol. The normalized spacial score (nSPS) is 10.5. The monoisotopic (exact) mass is 336 g/mol. The molecule has 2 rings (SSSR count). The lowest BCUT2D eigenvalue weighted by Gasteiger charge is -2.10. The van der Waals surface area contributed by atoms with Crippen molar-refractivity contribution in [3.05, 3.63) is 56.9 Å². The summed E-state index contributed by atoms with van der Waals surface area (Å²) in [6.45, 7) is 3.15. The molecule has 106 valence electrons. The summed E-state index contributed by atoms with van der Waals surface area (Å²) in [6.07, 6.45) is 2.40. The predicted octanol–water partition coefficient (Wildman–Crippen LogP) is 2.97. The van der Waals surface area contributed by atoms with Gasteiger partial charge in [-0.05, 0) is 37.1 Å². The van der Waals surface area contributed by atoms with E-state index in [4.69, 9.17) is 10.5 Å². The number of ether oxygens (including phenoxy) is 1. The molecule has 0 saturated carbocycles. The van der Waals surface area contributed by atoms with Crippen molar-refractivity contribution in [1.82, 2.24) is 4.57 Å². The van der Waals surface area contributed by atoms with Crippen molar-refractivity contribution >= 4 is 21.6 Å². The van der Waals surface area contributed by atoms with E-state index in [0.717, 1.165) is 22.2 Å². The fraction of sp³-hybridized carbons (Fsp3) is 0.267. The number of nitrogens with two attached hydrogens (primary N) is 1. The molecule has 1 heterocycles. The molecule has 20 heavy (non-hydrogen) atoms. The minimum Gasteiger partial charge on any atom is -0.493 e. The van der Waals surface area contributed by atoms with Gasteiger partial charge in [-0.25, -0.2) is 0 Å². The Morgan fingerprint density at radius 2 is 2.10 bits per heavy atom. The Morgan fingerprint density at radius 3 is 2.90 bits per heavy atom. The van der Waals surface area contributed by atoms with E-state index in [1.165, 1.54) is 6.07 Å². The van der Waals surface area contributed by atoms with Gasteiger partial charge in [0.15, 0.2) is 0 Å². The van der Waals surface area contributed by atoms with Crippen LogP contribution in [0.5, 0.6) is 5.75 Å². The third kappa shape index (κ3) is 3.87. The van der Waals surface area contributed by atoms with E-state index in [1.54, 1.807) is 16.8 Å². The van der Waals surface area contributed by atoms with Gasteiger partial charge in [0.1, 0.15) is 5.75 Å². The largest absolute Gasteiger partial charge is 0.493 e. The fourth-order valence-corrected chi connectivity index (χ4v) is 2.21. The van der Waals surface area contributed by atoms with Crippen molar-refractivity contribution in [2.75, 3.05) is 12.3 Å². The van der Waals surface area contributed by atoms with E-state index in [1.807, 2.05) is 25.1 Å². The molecule has 0 saturated heterocycles. The molecule has 1 aromatic carbocycles. The number of anilines is 1. The number of rotatable bonds is 5. The van der Waals surface area contributed by atoms with E-state index in [0.29, 0.717) is 18.8 Å². The van der Waals surface area contributed by atoms with Gasteiger partial charge in [0.25, 0.3) is 5.56 Å². The lowest BCUT2D eigenvalue weighted by molar-refractivity contribution is 0.299. The molecule has 1 aromatic heterocycles. The number of aryl methyl sites for hydroxylation is 2. The van der Waals surface area contributed by atoms with Gasteiger partial charge in [-0.15, -0.1) is 0 Å². The van der Waals surface area contributed by atoms with E-state index >= 15 is 0 Å². The Hall–Kier alpha value is -1.75. The highest BCUT2D eigenvalue weighted by molar-refractivity contribution is 9.10. The molecule has 0 unspecified atom stereocenters. The van der Waals surface area contributed by atoms with Crippen LogP contribution in [-0.2, 0) is 6.54 Å². The summed E-state index contributed by atoms with van der Waals surface area (Å²) < 4.78 is 8.33. The molecule has 0 aliphatic carbocycles. The number of halogens is 1. The van der Waals surface area contributed by atoms with E-state index < -0.39 is 0 Å². The summed E-state index contributed by atoms with van der Waals surface area (Å²) in [5.41, 5.74) is 7.30. The molecule has 5 heteroatoms. The van der Waals surface area contributed by atoms with Crippen LogP contribution in [0.15, 0.2) is 45.8 Å². The Labute approximate surface area is 126 Å². The van der Waals surface area contributed by atoms with Gasteiger partial charge in [-0.2, -0.15) is 0 Å². The van der Waals surface area contributed by atoms with Crippen LogP contribution in [-0.4, -0.2) is 11.2 Å². The Bertz CT molecular complexity index is 653. The van der Waals surface area contributed by atoms with Crippen molar-refractivity contribution in [1.29, 1.82) is 0 Å². The highest BCUT2D eigenvalue weighted by Gasteiger charge is 2.01. The summed E-state index contributed by atoms with van der Waals surface area (Å²) in [7, 11) is 0. The van der Waals surface area contributed by atoms with Gasteiger partial charge >= 0.3 is 0 Å². The van der Waals surface area contributed by atoms with Crippen LogP contribution < -0.4 is 16.0 Å². The standard InChI is InChI=1S/C15H17BrN2O2/c1-11-3-4-12(16)9-14(11)20-8-2-7-18-10-13(17)5-6-15(18)19/h3-6,9-10H,2,7-8,17H2,1H3. The van der Waals surface area contributed by atoms with Crippen LogP contribution in [0.3, 0.4) is 0 Å². The van der Waals surface area contributed by atoms with Crippen molar-refractivity contribution in [3.63, 3.8) is 0 Å².